The van der Waals surface area contributed by atoms with Crippen LogP contribution >= 0.6 is 0 Å². The first-order valence-corrected chi connectivity index (χ1v) is 7.75. The van der Waals surface area contributed by atoms with Gasteiger partial charge in [0.2, 0.25) is 0 Å². The van der Waals surface area contributed by atoms with Crippen molar-refractivity contribution in [3.05, 3.63) is 35.9 Å². The molecule has 0 spiro atoms. The van der Waals surface area contributed by atoms with Gasteiger partial charge in [0.1, 0.15) is 6.61 Å². The fraction of sp³-hybridized carbons (Fsp3) is 0.588. The van der Waals surface area contributed by atoms with Crippen LogP contribution in [0.2, 0.25) is 0 Å². The summed E-state index contributed by atoms with van der Waals surface area (Å²) in [6, 6.07) is 10.1. The van der Waals surface area contributed by atoms with Gasteiger partial charge in [0.15, 0.2) is 0 Å². The number of benzene rings is 1. The van der Waals surface area contributed by atoms with Gasteiger partial charge in [-0.25, -0.2) is 4.79 Å². The molecule has 1 aromatic rings. The second-order valence-electron chi connectivity index (χ2n) is 4.72. The highest BCUT2D eigenvalue weighted by Gasteiger charge is 2.00. The number of unbranched alkanes of at least 4 members (excludes halogenated alkanes) is 1. The third kappa shape index (κ3) is 10.3. The molecule has 22 heavy (non-hydrogen) atoms. The van der Waals surface area contributed by atoms with Crippen LogP contribution in [0.4, 0.5) is 0 Å². The minimum atomic E-state index is -0.335. The Bertz CT molecular complexity index is 380. The highest BCUT2D eigenvalue weighted by Crippen LogP contribution is 2.01. The van der Waals surface area contributed by atoms with Gasteiger partial charge in [-0.1, -0.05) is 30.3 Å². The van der Waals surface area contributed by atoms with Crippen LogP contribution in [0.5, 0.6) is 0 Å². The topological polar surface area (TPSA) is 54.0 Å². The zero-order valence-corrected chi connectivity index (χ0v) is 13.3. The Morgan fingerprint density at radius 1 is 0.909 bits per heavy atom. The Kier molecular flexibility index (Phi) is 11.2. The average Bonchev–Trinajstić information content (AvgIpc) is 2.54. The zero-order valence-electron chi connectivity index (χ0n) is 13.3. The normalized spacial score (nSPS) is 10.6. The predicted molar refractivity (Wildman–Crippen MR) is 83.6 cm³/mol. The summed E-state index contributed by atoms with van der Waals surface area (Å²) < 4.78 is 20.8. The van der Waals surface area contributed by atoms with E-state index in [1.165, 1.54) is 5.56 Å². The molecular formula is C17H26O5. The van der Waals surface area contributed by atoms with Crippen LogP contribution in [0.25, 0.3) is 0 Å². The van der Waals surface area contributed by atoms with Crippen LogP contribution < -0.4 is 0 Å². The third-order valence-electron chi connectivity index (χ3n) is 2.84. The summed E-state index contributed by atoms with van der Waals surface area (Å²) in [4.78, 5) is 11.0. The minimum absolute atomic E-state index is 0.00940. The van der Waals surface area contributed by atoms with Gasteiger partial charge in [0.25, 0.3) is 0 Å². The molecule has 0 unspecified atom stereocenters. The van der Waals surface area contributed by atoms with Gasteiger partial charge >= 0.3 is 5.97 Å². The van der Waals surface area contributed by atoms with Gasteiger partial charge in [-0.05, 0) is 25.3 Å². The van der Waals surface area contributed by atoms with Gasteiger partial charge in [-0.15, -0.1) is 0 Å². The van der Waals surface area contributed by atoms with Crippen molar-refractivity contribution in [3.63, 3.8) is 0 Å². The van der Waals surface area contributed by atoms with Crippen LogP contribution in [-0.2, 0) is 30.3 Å². The predicted octanol–water partition coefficient (Wildman–Crippen LogP) is 2.58. The van der Waals surface area contributed by atoms with E-state index in [1.54, 1.807) is 6.92 Å². The molecule has 0 saturated heterocycles. The van der Waals surface area contributed by atoms with Gasteiger partial charge in [0, 0.05) is 13.2 Å². The van der Waals surface area contributed by atoms with E-state index in [9.17, 15) is 4.79 Å². The summed E-state index contributed by atoms with van der Waals surface area (Å²) in [5.41, 5.74) is 1.19. The molecule has 1 aromatic carbocycles. The number of carbonyl (C=O) groups excluding carboxylic acids is 1. The maximum atomic E-state index is 11.0. The van der Waals surface area contributed by atoms with Crippen molar-refractivity contribution in [2.24, 2.45) is 0 Å². The first kappa shape index (κ1) is 18.6. The molecule has 0 amide bonds. The molecule has 0 aliphatic heterocycles. The SMILES string of the molecule is CCOC(=O)COCCOCCCCOCc1ccccc1. The Balaban J connectivity index is 1.79. The van der Waals surface area contributed by atoms with E-state index < -0.39 is 0 Å². The van der Waals surface area contributed by atoms with Gasteiger partial charge in [-0.3, -0.25) is 0 Å². The molecular weight excluding hydrogens is 284 g/mol. The Labute approximate surface area is 132 Å². The van der Waals surface area contributed by atoms with Crippen molar-refractivity contribution in [2.45, 2.75) is 26.4 Å². The molecule has 1 rings (SSSR count). The second kappa shape index (κ2) is 13.2. The molecule has 0 aromatic heterocycles. The van der Waals surface area contributed by atoms with E-state index in [0.29, 0.717) is 33.0 Å². The minimum Gasteiger partial charge on any atom is -0.464 e. The number of carbonyl (C=O) groups is 1. The maximum absolute atomic E-state index is 11.0. The molecule has 124 valence electrons. The van der Waals surface area contributed by atoms with Crippen LogP contribution in [-0.4, -0.2) is 45.6 Å². The molecule has 0 fully saturated rings. The summed E-state index contributed by atoms with van der Waals surface area (Å²) in [6.07, 6.45) is 1.92. The number of ether oxygens (including phenoxy) is 4. The van der Waals surface area contributed by atoms with Gasteiger partial charge in [0.05, 0.1) is 26.4 Å². The highest BCUT2D eigenvalue weighted by molar-refractivity contribution is 5.70. The smallest absolute Gasteiger partial charge is 0.332 e. The molecule has 5 heteroatoms. The molecule has 0 N–H and O–H groups in total. The van der Waals surface area contributed by atoms with Crippen molar-refractivity contribution in [1.82, 2.24) is 0 Å². The lowest BCUT2D eigenvalue weighted by atomic mass is 10.2. The molecule has 0 bridgehead atoms. The first-order valence-electron chi connectivity index (χ1n) is 7.75. The zero-order chi connectivity index (χ0) is 15.9. The van der Waals surface area contributed by atoms with Gasteiger partial charge < -0.3 is 18.9 Å². The van der Waals surface area contributed by atoms with Crippen LogP contribution in [0, 0.1) is 0 Å². The number of hydrogen-bond acceptors (Lipinski definition) is 5. The van der Waals surface area contributed by atoms with Crippen molar-refractivity contribution in [3.8, 4) is 0 Å². The van der Waals surface area contributed by atoms with Crippen LogP contribution in [0.15, 0.2) is 30.3 Å². The van der Waals surface area contributed by atoms with Crippen molar-refractivity contribution in [1.29, 1.82) is 0 Å². The highest BCUT2D eigenvalue weighted by atomic mass is 16.6. The first-order chi connectivity index (χ1) is 10.8. The van der Waals surface area contributed by atoms with E-state index in [-0.39, 0.29) is 12.6 Å². The summed E-state index contributed by atoms with van der Waals surface area (Å²) in [7, 11) is 0. The Morgan fingerprint density at radius 2 is 1.59 bits per heavy atom. The molecule has 0 heterocycles. The number of hydrogen-bond donors (Lipinski definition) is 0. The molecule has 0 saturated carbocycles. The Hall–Kier alpha value is -1.43. The largest absolute Gasteiger partial charge is 0.464 e. The lowest BCUT2D eigenvalue weighted by Gasteiger charge is -2.06. The summed E-state index contributed by atoms with van der Waals surface area (Å²) in [6.45, 7) is 5.10. The third-order valence-corrected chi connectivity index (χ3v) is 2.84. The van der Waals surface area contributed by atoms with Gasteiger partial charge in [-0.2, -0.15) is 0 Å². The van der Waals surface area contributed by atoms with E-state index in [4.69, 9.17) is 18.9 Å². The average molecular weight is 310 g/mol. The van der Waals surface area contributed by atoms with E-state index >= 15 is 0 Å². The standard InChI is InChI=1S/C17H26O5/c1-2-22-17(18)15-21-13-12-19-10-6-7-11-20-14-16-8-4-3-5-9-16/h3-5,8-9H,2,6-7,10-15H2,1H3. The molecule has 0 aliphatic rings. The van der Waals surface area contributed by atoms with Crippen molar-refractivity contribution in [2.75, 3.05) is 39.6 Å². The molecule has 0 atom stereocenters. The number of rotatable bonds is 13. The molecule has 0 radical (unpaired) electrons. The van der Waals surface area contributed by atoms with Crippen molar-refractivity contribution < 1.29 is 23.7 Å². The molecule has 0 aliphatic carbocycles. The molecule has 5 nitrogen and oxygen atoms in total. The van der Waals surface area contributed by atoms with E-state index in [1.807, 2.05) is 18.2 Å². The van der Waals surface area contributed by atoms with E-state index in [2.05, 4.69) is 12.1 Å². The summed E-state index contributed by atoms with van der Waals surface area (Å²) in [5, 5.41) is 0. The number of esters is 1. The van der Waals surface area contributed by atoms with Crippen molar-refractivity contribution >= 4 is 5.97 Å². The fourth-order valence-electron chi connectivity index (χ4n) is 1.75. The maximum Gasteiger partial charge on any atom is 0.332 e. The second-order valence-corrected chi connectivity index (χ2v) is 4.72. The van der Waals surface area contributed by atoms with E-state index in [0.717, 1.165) is 19.4 Å². The monoisotopic (exact) mass is 310 g/mol. The lowest BCUT2D eigenvalue weighted by molar-refractivity contribution is -0.148. The van der Waals surface area contributed by atoms with Crippen LogP contribution in [0.3, 0.4) is 0 Å². The Morgan fingerprint density at radius 3 is 2.32 bits per heavy atom. The quantitative estimate of drug-likeness (QED) is 0.414. The summed E-state index contributed by atoms with van der Waals surface area (Å²) >= 11 is 0. The summed E-state index contributed by atoms with van der Waals surface area (Å²) in [5.74, 6) is -0.335. The lowest BCUT2D eigenvalue weighted by Crippen LogP contribution is -2.15. The van der Waals surface area contributed by atoms with Crippen LogP contribution in [0.1, 0.15) is 25.3 Å². The fourth-order valence-corrected chi connectivity index (χ4v) is 1.75.